The molecule has 0 bridgehead atoms. The van der Waals surface area contributed by atoms with Crippen LogP contribution in [0.5, 0.6) is 0 Å². The van der Waals surface area contributed by atoms with Crippen LogP contribution < -0.4 is 0 Å². The molecule has 2 heterocycles. The quantitative estimate of drug-likeness (QED) is 0.867. The smallest absolute Gasteiger partial charge is 0.186 e. The van der Waals surface area contributed by atoms with E-state index >= 15 is 0 Å². The van der Waals surface area contributed by atoms with Gasteiger partial charge < -0.3 is 29.2 Å². The van der Waals surface area contributed by atoms with Crippen LogP contribution >= 0.6 is 0 Å². The SMILES string of the molecule is CC(C)CO[C@H]1O[C@@H]2COC(c3ccccc3)O[C@H]2[C@H](O)[C@H]1O. The van der Waals surface area contributed by atoms with Gasteiger partial charge in [0.15, 0.2) is 12.6 Å². The zero-order valence-electron chi connectivity index (χ0n) is 13.4. The van der Waals surface area contributed by atoms with Crippen molar-refractivity contribution in [2.75, 3.05) is 13.2 Å². The number of benzene rings is 1. The van der Waals surface area contributed by atoms with Crippen molar-refractivity contribution in [3.63, 3.8) is 0 Å². The molecular formula is C17H24O6. The Morgan fingerprint density at radius 1 is 1.13 bits per heavy atom. The number of hydrogen-bond donors (Lipinski definition) is 2. The lowest BCUT2D eigenvalue weighted by Crippen LogP contribution is -2.62. The van der Waals surface area contributed by atoms with Gasteiger partial charge in [0.25, 0.3) is 0 Å². The minimum Gasteiger partial charge on any atom is -0.387 e. The molecule has 2 aliphatic rings. The summed E-state index contributed by atoms with van der Waals surface area (Å²) in [6, 6.07) is 9.49. The molecule has 0 radical (unpaired) electrons. The first kappa shape index (κ1) is 16.8. The predicted octanol–water partition coefficient (Wildman–Crippen LogP) is 1.22. The van der Waals surface area contributed by atoms with Gasteiger partial charge in [0.05, 0.1) is 13.2 Å². The molecule has 2 aliphatic heterocycles. The van der Waals surface area contributed by atoms with Gasteiger partial charge in [-0.15, -0.1) is 0 Å². The summed E-state index contributed by atoms with van der Waals surface area (Å²) in [6.07, 6.45) is -4.79. The third-order valence-corrected chi connectivity index (χ3v) is 4.00. The highest BCUT2D eigenvalue weighted by molar-refractivity contribution is 5.16. The predicted molar refractivity (Wildman–Crippen MR) is 81.5 cm³/mol. The summed E-state index contributed by atoms with van der Waals surface area (Å²) in [4.78, 5) is 0. The number of rotatable bonds is 4. The van der Waals surface area contributed by atoms with Crippen LogP contribution in [0.2, 0.25) is 0 Å². The van der Waals surface area contributed by atoms with Crippen molar-refractivity contribution in [1.82, 2.24) is 0 Å². The fourth-order valence-corrected chi connectivity index (χ4v) is 2.78. The first-order chi connectivity index (χ1) is 11.1. The third kappa shape index (κ3) is 3.74. The lowest BCUT2D eigenvalue weighted by Gasteiger charge is -2.46. The van der Waals surface area contributed by atoms with Gasteiger partial charge in [-0.1, -0.05) is 44.2 Å². The van der Waals surface area contributed by atoms with E-state index in [0.29, 0.717) is 12.5 Å². The summed E-state index contributed by atoms with van der Waals surface area (Å²) < 4.78 is 22.8. The minimum absolute atomic E-state index is 0.273. The summed E-state index contributed by atoms with van der Waals surface area (Å²) >= 11 is 0. The van der Waals surface area contributed by atoms with Crippen molar-refractivity contribution in [1.29, 1.82) is 0 Å². The number of fused-ring (bicyclic) bond motifs is 1. The molecule has 2 saturated heterocycles. The van der Waals surface area contributed by atoms with Crippen LogP contribution in [0.25, 0.3) is 0 Å². The average molecular weight is 324 g/mol. The first-order valence-electron chi connectivity index (χ1n) is 8.01. The van der Waals surface area contributed by atoms with Crippen molar-refractivity contribution < 1.29 is 29.2 Å². The Labute approximate surface area is 135 Å². The summed E-state index contributed by atoms with van der Waals surface area (Å²) in [5, 5.41) is 20.6. The molecule has 1 unspecified atom stereocenters. The second-order valence-corrected chi connectivity index (χ2v) is 6.43. The maximum absolute atomic E-state index is 10.4. The molecule has 6 nitrogen and oxygen atoms in total. The zero-order valence-corrected chi connectivity index (χ0v) is 13.4. The molecule has 0 amide bonds. The lowest BCUT2D eigenvalue weighted by molar-refractivity contribution is -0.362. The van der Waals surface area contributed by atoms with Gasteiger partial charge in [0, 0.05) is 5.56 Å². The van der Waals surface area contributed by atoms with Crippen molar-refractivity contribution in [2.45, 2.75) is 50.8 Å². The fraction of sp³-hybridized carbons (Fsp3) is 0.647. The van der Waals surface area contributed by atoms with Crippen molar-refractivity contribution >= 4 is 0 Å². The maximum Gasteiger partial charge on any atom is 0.186 e. The van der Waals surface area contributed by atoms with Crippen LogP contribution in [0.15, 0.2) is 30.3 Å². The van der Waals surface area contributed by atoms with Gasteiger partial charge in [-0.05, 0) is 5.92 Å². The van der Waals surface area contributed by atoms with Crippen LogP contribution in [0.3, 0.4) is 0 Å². The molecule has 6 heteroatoms. The van der Waals surface area contributed by atoms with Gasteiger partial charge in [0.1, 0.15) is 24.4 Å². The summed E-state index contributed by atoms with van der Waals surface area (Å²) in [6.45, 7) is 4.73. The fourth-order valence-electron chi connectivity index (χ4n) is 2.78. The molecule has 1 aromatic carbocycles. The van der Waals surface area contributed by atoms with Gasteiger partial charge in [-0.2, -0.15) is 0 Å². The van der Waals surface area contributed by atoms with E-state index in [0.717, 1.165) is 5.56 Å². The molecule has 6 atom stereocenters. The first-order valence-corrected chi connectivity index (χ1v) is 8.01. The second kappa shape index (κ2) is 7.25. The Bertz CT molecular complexity index is 491. The lowest BCUT2D eigenvalue weighted by atomic mass is 9.98. The Morgan fingerprint density at radius 3 is 2.57 bits per heavy atom. The Kier molecular flexibility index (Phi) is 5.31. The van der Waals surface area contributed by atoms with Gasteiger partial charge in [-0.25, -0.2) is 0 Å². The van der Waals surface area contributed by atoms with E-state index in [9.17, 15) is 10.2 Å². The van der Waals surface area contributed by atoms with Gasteiger partial charge >= 0.3 is 0 Å². The van der Waals surface area contributed by atoms with Crippen LogP contribution in [-0.4, -0.2) is 54.1 Å². The summed E-state index contributed by atoms with van der Waals surface area (Å²) in [5.41, 5.74) is 0.867. The number of aliphatic hydroxyl groups excluding tert-OH is 2. The van der Waals surface area contributed by atoms with Crippen LogP contribution in [0.1, 0.15) is 25.7 Å². The zero-order chi connectivity index (χ0) is 16.4. The molecule has 23 heavy (non-hydrogen) atoms. The van der Waals surface area contributed by atoms with Crippen LogP contribution in [0.4, 0.5) is 0 Å². The van der Waals surface area contributed by atoms with Crippen molar-refractivity contribution in [3.05, 3.63) is 35.9 Å². The van der Waals surface area contributed by atoms with Gasteiger partial charge in [0.2, 0.25) is 0 Å². The van der Waals surface area contributed by atoms with E-state index in [1.807, 2.05) is 44.2 Å². The van der Waals surface area contributed by atoms with Crippen molar-refractivity contribution in [3.8, 4) is 0 Å². The monoisotopic (exact) mass is 324 g/mol. The minimum atomic E-state index is -1.15. The van der Waals surface area contributed by atoms with E-state index < -0.39 is 37.0 Å². The molecule has 0 saturated carbocycles. The highest BCUT2D eigenvalue weighted by atomic mass is 16.8. The summed E-state index contributed by atoms with van der Waals surface area (Å²) in [7, 11) is 0. The Balaban J connectivity index is 1.65. The van der Waals surface area contributed by atoms with Crippen molar-refractivity contribution in [2.24, 2.45) is 5.92 Å². The van der Waals surface area contributed by atoms with E-state index in [-0.39, 0.29) is 6.61 Å². The normalized spacial score (nSPS) is 37.6. The molecule has 0 spiro atoms. The standard InChI is InChI=1S/C17H24O6/c1-10(2)8-20-17-14(19)13(18)15-12(22-17)9-21-16(23-15)11-6-4-3-5-7-11/h3-7,10,12-19H,8-9H2,1-2H3/t12-,13-,14-,15-,16?,17+/m1/s1. The molecule has 3 rings (SSSR count). The molecule has 2 N–H and O–H groups in total. The Morgan fingerprint density at radius 2 is 1.87 bits per heavy atom. The third-order valence-electron chi connectivity index (χ3n) is 4.00. The largest absolute Gasteiger partial charge is 0.387 e. The highest BCUT2D eigenvalue weighted by Crippen LogP contribution is 2.34. The van der Waals surface area contributed by atoms with Crippen LogP contribution in [0, 0.1) is 5.92 Å². The second-order valence-electron chi connectivity index (χ2n) is 6.43. The maximum atomic E-state index is 10.4. The van der Waals surface area contributed by atoms with Gasteiger partial charge in [-0.3, -0.25) is 0 Å². The molecule has 0 aromatic heterocycles. The molecule has 2 fully saturated rings. The molecule has 128 valence electrons. The highest BCUT2D eigenvalue weighted by Gasteiger charge is 2.49. The average Bonchev–Trinajstić information content (AvgIpc) is 2.57. The van der Waals surface area contributed by atoms with E-state index in [1.54, 1.807) is 0 Å². The van der Waals surface area contributed by atoms with E-state index in [2.05, 4.69) is 0 Å². The molecular weight excluding hydrogens is 300 g/mol. The number of ether oxygens (including phenoxy) is 4. The van der Waals surface area contributed by atoms with E-state index in [4.69, 9.17) is 18.9 Å². The topological polar surface area (TPSA) is 77.4 Å². The summed E-state index contributed by atoms with van der Waals surface area (Å²) in [5.74, 6) is 0.307. The Hall–Kier alpha value is -1.02. The van der Waals surface area contributed by atoms with E-state index in [1.165, 1.54) is 0 Å². The number of aliphatic hydroxyl groups is 2. The number of hydrogen-bond acceptors (Lipinski definition) is 6. The van der Waals surface area contributed by atoms with Crippen LogP contribution in [-0.2, 0) is 18.9 Å². The molecule has 0 aliphatic carbocycles. The molecule has 1 aromatic rings.